The first-order valence-electron chi connectivity index (χ1n) is 8.08. The molecule has 0 saturated carbocycles. The van der Waals surface area contributed by atoms with Crippen molar-refractivity contribution in [3.8, 4) is 11.1 Å². The lowest BCUT2D eigenvalue weighted by Crippen LogP contribution is -2.14. The SMILES string of the molecule is CN(C)c1ccc(-c2cncc(C(=O)Nc3ncn(CC(=O)O)n3)c2)cc1. The molecule has 27 heavy (non-hydrogen) atoms. The number of hydrogen-bond donors (Lipinski definition) is 2. The van der Waals surface area contributed by atoms with Crippen LogP contribution in [0.2, 0.25) is 0 Å². The third kappa shape index (κ3) is 4.46. The second-order valence-corrected chi connectivity index (χ2v) is 6.02. The van der Waals surface area contributed by atoms with Crippen molar-refractivity contribution in [1.29, 1.82) is 0 Å². The van der Waals surface area contributed by atoms with Gasteiger partial charge in [-0.05, 0) is 23.8 Å². The summed E-state index contributed by atoms with van der Waals surface area (Å²) in [4.78, 5) is 33.1. The van der Waals surface area contributed by atoms with E-state index in [-0.39, 0.29) is 12.5 Å². The second-order valence-electron chi connectivity index (χ2n) is 6.02. The van der Waals surface area contributed by atoms with Crippen molar-refractivity contribution in [3.63, 3.8) is 0 Å². The highest BCUT2D eigenvalue weighted by molar-refractivity contribution is 6.03. The van der Waals surface area contributed by atoms with Crippen molar-refractivity contribution < 1.29 is 14.7 Å². The normalized spacial score (nSPS) is 10.4. The predicted molar refractivity (Wildman–Crippen MR) is 99.6 cm³/mol. The summed E-state index contributed by atoms with van der Waals surface area (Å²) in [7, 11) is 3.93. The van der Waals surface area contributed by atoms with Gasteiger partial charge in [0.15, 0.2) is 0 Å². The van der Waals surface area contributed by atoms with Crippen LogP contribution in [0.5, 0.6) is 0 Å². The Labute approximate surface area is 155 Å². The number of pyridine rings is 1. The number of carboxylic acid groups (broad SMARTS) is 1. The summed E-state index contributed by atoms with van der Waals surface area (Å²) in [6.07, 6.45) is 4.37. The molecule has 138 valence electrons. The first-order chi connectivity index (χ1) is 12.9. The zero-order valence-corrected chi connectivity index (χ0v) is 14.8. The van der Waals surface area contributed by atoms with Gasteiger partial charge >= 0.3 is 5.97 Å². The molecule has 0 aliphatic rings. The molecule has 0 radical (unpaired) electrons. The molecule has 0 bridgehead atoms. The van der Waals surface area contributed by atoms with Crippen molar-refractivity contribution in [3.05, 3.63) is 54.6 Å². The quantitative estimate of drug-likeness (QED) is 0.683. The number of carboxylic acids is 1. The highest BCUT2D eigenvalue weighted by atomic mass is 16.4. The molecular formula is C18H18N6O3. The zero-order valence-electron chi connectivity index (χ0n) is 14.8. The Bertz CT molecular complexity index is 965. The van der Waals surface area contributed by atoms with Crippen molar-refractivity contribution in [2.45, 2.75) is 6.54 Å². The second kappa shape index (κ2) is 7.65. The molecule has 3 aromatic rings. The molecule has 0 aliphatic heterocycles. The number of anilines is 2. The van der Waals surface area contributed by atoms with Crippen LogP contribution in [-0.2, 0) is 11.3 Å². The molecule has 0 saturated heterocycles. The highest BCUT2D eigenvalue weighted by Gasteiger charge is 2.12. The fourth-order valence-corrected chi connectivity index (χ4v) is 2.41. The number of rotatable bonds is 6. The maximum absolute atomic E-state index is 12.4. The van der Waals surface area contributed by atoms with Gasteiger partial charge in [-0.1, -0.05) is 12.1 Å². The fraction of sp³-hybridized carbons (Fsp3) is 0.167. The summed E-state index contributed by atoms with van der Waals surface area (Å²) >= 11 is 0. The largest absolute Gasteiger partial charge is 0.480 e. The number of nitrogens with zero attached hydrogens (tertiary/aromatic N) is 5. The average molecular weight is 366 g/mol. The molecule has 9 nitrogen and oxygen atoms in total. The molecular weight excluding hydrogens is 348 g/mol. The summed E-state index contributed by atoms with van der Waals surface area (Å²) in [5, 5.41) is 15.2. The molecule has 2 heterocycles. The summed E-state index contributed by atoms with van der Waals surface area (Å²) in [6, 6.07) is 9.62. The number of hydrogen-bond acceptors (Lipinski definition) is 6. The summed E-state index contributed by atoms with van der Waals surface area (Å²) < 4.78 is 1.12. The summed E-state index contributed by atoms with van der Waals surface area (Å²) in [5.74, 6) is -1.45. The number of carbonyl (C=O) groups is 2. The van der Waals surface area contributed by atoms with Crippen LogP contribution in [0.1, 0.15) is 10.4 Å². The Morgan fingerprint density at radius 3 is 2.56 bits per heavy atom. The van der Waals surface area contributed by atoms with Crippen LogP contribution in [0.25, 0.3) is 11.1 Å². The highest BCUT2D eigenvalue weighted by Crippen LogP contribution is 2.22. The molecule has 0 spiro atoms. The van der Waals surface area contributed by atoms with E-state index in [1.165, 1.54) is 12.5 Å². The van der Waals surface area contributed by atoms with Gasteiger partial charge in [0, 0.05) is 37.7 Å². The average Bonchev–Trinajstić information content (AvgIpc) is 3.08. The van der Waals surface area contributed by atoms with Crippen LogP contribution in [0.15, 0.2) is 49.1 Å². The third-order valence-corrected chi connectivity index (χ3v) is 3.78. The molecule has 2 aromatic heterocycles. The maximum Gasteiger partial charge on any atom is 0.325 e. The summed E-state index contributed by atoms with van der Waals surface area (Å²) in [5.41, 5.74) is 3.16. The maximum atomic E-state index is 12.4. The molecule has 0 unspecified atom stereocenters. The van der Waals surface area contributed by atoms with Crippen molar-refractivity contribution >= 4 is 23.5 Å². The number of amides is 1. The minimum absolute atomic E-state index is 0.0296. The van der Waals surface area contributed by atoms with Crippen molar-refractivity contribution in [2.75, 3.05) is 24.3 Å². The smallest absolute Gasteiger partial charge is 0.325 e. The molecule has 2 N–H and O–H groups in total. The third-order valence-electron chi connectivity index (χ3n) is 3.78. The minimum atomic E-state index is -1.05. The molecule has 1 amide bonds. The topological polar surface area (TPSA) is 113 Å². The Kier molecular flexibility index (Phi) is 5.11. The lowest BCUT2D eigenvalue weighted by Gasteiger charge is -2.12. The van der Waals surface area contributed by atoms with E-state index in [2.05, 4.69) is 20.4 Å². The lowest BCUT2D eigenvalue weighted by atomic mass is 10.1. The number of aliphatic carboxylic acids is 1. The number of carbonyl (C=O) groups excluding carboxylic acids is 1. The van der Waals surface area contributed by atoms with Crippen LogP contribution in [0.4, 0.5) is 11.6 Å². The number of nitrogens with one attached hydrogen (secondary N) is 1. The minimum Gasteiger partial charge on any atom is -0.480 e. The van der Waals surface area contributed by atoms with E-state index in [0.29, 0.717) is 5.56 Å². The van der Waals surface area contributed by atoms with Crippen molar-refractivity contribution in [2.24, 2.45) is 0 Å². The van der Waals surface area contributed by atoms with Gasteiger partial charge in [0.25, 0.3) is 5.91 Å². The van der Waals surface area contributed by atoms with Gasteiger partial charge < -0.3 is 10.0 Å². The van der Waals surface area contributed by atoms with Crippen LogP contribution >= 0.6 is 0 Å². The fourth-order valence-electron chi connectivity index (χ4n) is 2.41. The van der Waals surface area contributed by atoms with E-state index in [1.807, 2.05) is 43.3 Å². The van der Waals surface area contributed by atoms with Crippen LogP contribution in [0, 0.1) is 0 Å². The van der Waals surface area contributed by atoms with Gasteiger partial charge in [-0.25, -0.2) is 9.67 Å². The van der Waals surface area contributed by atoms with E-state index in [9.17, 15) is 9.59 Å². The zero-order chi connectivity index (χ0) is 19.4. The van der Waals surface area contributed by atoms with Gasteiger partial charge in [0.2, 0.25) is 5.95 Å². The summed E-state index contributed by atoms with van der Waals surface area (Å²) in [6.45, 7) is -0.331. The molecule has 0 fully saturated rings. The Morgan fingerprint density at radius 2 is 1.89 bits per heavy atom. The Balaban J connectivity index is 1.75. The van der Waals surface area contributed by atoms with E-state index >= 15 is 0 Å². The van der Waals surface area contributed by atoms with Crippen LogP contribution < -0.4 is 10.2 Å². The van der Waals surface area contributed by atoms with Crippen molar-refractivity contribution in [1.82, 2.24) is 19.7 Å². The van der Waals surface area contributed by atoms with Gasteiger partial charge in [-0.15, -0.1) is 5.10 Å². The van der Waals surface area contributed by atoms with Gasteiger partial charge in [-0.3, -0.25) is 19.9 Å². The predicted octanol–water partition coefficient (Wildman–Crippen LogP) is 1.74. The van der Waals surface area contributed by atoms with E-state index in [1.54, 1.807) is 12.3 Å². The first kappa shape index (κ1) is 18.1. The van der Waals surface area contributed by atoms with E-state index in [4.69, 9.17) is 5.11 Å². The Hall–Kier alpha value is -3.75. The lowest BCUT2D eigenvalue weighted by molar-refractivity contribution is -0.137. The molecule has 0 aliphatic carbocycles. The van der Waals surface area contributed by atoms with E-state index < -0.39 is 11.9 Å². The Morgan fingerprint density at radius 1 is 1.15 bits per heavy atom. The number of benzene rings is 1. The van der Waals surface area contributed by atoms with Gasteiger partial charge in [0.1, 0.15) is 12.9 Å². The van der Waals surface area contributed by atoms with Gasteiger partial charge in [-0.2, -0.15) is 0 Å². The molecule has 3 rings (SSSR count). The van der Waals surface area contributed by atoms with Gasteiger partial charge in [0.05, 0.1) is 5.56 Å². The molecule has 1 aromatic carbocycles. The van der Waals surface area contributed by atoms with Crippen LogP contribution in [-0.4, -0.2) is 50.8 Å². The molecule has 0 atom stereocenters. The standard InChI is InChI=1S/C18H18N6O3/c1-23(2)15-5-3-12(4-6-15)13-7-14(9-19-8-13)17(27)21-18-20-11-24(22-18)10-16(25)26/h3-9,11H,10H2,1-2H3,(H,25,26)(H,21,22,27). The molecule has 9 heteroatoms. The van der Waals surface area contributed by atoms with E-state index in [0.717, 1.165) is 21.5 Å². The number of aromatic nitrogens is 4. The monoisotopic (exact) mass is 366 g/mol. The van der Waals surface area contributed by atoms with Crippen LogP contribution in [0.3, 0.4) is 0 Å². The first-order valence-corrected chi connectivity index (χ1v) is 8.08.